The topological polar surface area (TPSA) is 46.3 Å². The lowest BCUT2D eigenvalue weighted by atomic mass is 10.0. The van der Waals surface area contributed by atoms with Crippen molar-refractivity contribution in [3.05, 3.63) is 41.9 Å². The van der Waals surface area contributed by atoms with Crippen LogP contribution in [0, 0.1) is 11.7 Å². The molecule has 128 valence electrons. The summed E-state index contributed by atoms with van der Waals surface area (Å²) in [6.07, 6.45) is 4.10. The molecule has 1 aromatic carbocycles. The molecule has 0 saturated carbocycles. The number of benzene rings is 1. The van der Waals surface area contributed by atoms with Gasteiger partial charge in [0.15, 0.2) is 5.76 Å². The Morgan fingerprint density at radius 2 is 2.00 bits per heavy atom. The fourth-order valence-electron chi connectivity index (χ4n) is 3.20. The van der Waals surface area contributed by atoms with Crippen molar-refractivity contribution in [2.24, 2.45) is 5.92 Å². The van der Waals surface area contributed by atoms with E-state index in [1.54, 1.807) is 12.1 Å². The fraction of sp³-hybridized carbons (Fsp3) is 0.474. The molecule has 1 atom stereocenters. The van der Waals surface area contributed by atoms with E-state index >= 15 is 0 Å². The Hall–Kier alpha value is -2.17. The van der Waals surface area contributed by atoms with Gasteiger partial charge in [-0.2, -0.15) is 0 Å². The van der Waals surface area contributed by atoms with Crippen molar-refractivity contribution in [1.29, 1.82) is 0 Å². The molecule has 1 saturated heterocycles. The van der Waals surface area contributed by atoms with Gasteiger partial charge in [-0.1, -0.05) is 31.8 Å². The maximum atomic E-state index is 13.1. The minimum Gasteiger partial charge on any atom is -0.359 e. The van der Waals surface area contributed by atoms with Gasteiger partial charge in [0.2, 0.25) is 5.91 Å². The second kappa shape index (κ2) is 7.16. The van der Waals surface area contributed by atoms with Crippen LogP contribution in [0.4, 0.5) is 4.39 Å². The molecular formula is C19H23FN2O2. The maximum absolute atomic E-state index is 13.1. The number of aromatic nitrogens is 1. The molecule has 24 heavy (non-hydrogen) atoms. The summed E-state index contributed by atoms with van der Waals surface area (Å²) in [7, 11) is 0. The zero-order valence-corrected chi connectivity index (χ0v) is 14.2. The number of hydrogen-bond acceptors (Lipinski definition) is 3. The van der Waals surface area contributed by atoms with E-state index in [9.17, 15) is 9.18 Å². The Kier molecular flexibility index (Phi) is 4.97. The predicted octanol–water partition coefficient (Wildman–Crippen LogP) is 4.58. The molecular weight excluding hydrogens is 307 g/mol. The zero-order valence-electron chi connectivity index (χ0n) is 14.2. The quantitative estimate of drug-likeness (QED) is 0.827. The van der Waals surface area contributed by atoms with Crippen molar-refractivity contribution >= 4 is 5.91 Å². The van der Waals surface area contributed by atoms with E-state index in [4.69, 9.17) is 4.52 Å². The summed E-state index contributed by atoms with van der Waals surface area (Å²) in [6, 6.07) is 7.99. The van der Waals surface area contributed by atoms with E-state index in [0.717, 1.165) is 37.8 Å². The highest BCUT2D eigenvalue weighted by Crippen LogP contribution is 2.33. The molecule has 3 rings (SSSR count). The molecule has 0 radical (unpaired) electrons. The van der Waals surface area contributed by atoms with Crippen LogP contribution < -0.4 is 0 Å². The van der Waals surface area contributed by atoms with Crippen LogP contribution in [0.2, 0.25) is 0 Å². The highest BCUT2D eigenvalue weighted by molar-refractivity contribution is 5.78. The maximum Gasteiger partial charge on any atom is 0.225 e. The Labute approximate surface area is 141 Å². The van der Waals surface area contributed by atoms with Gasteiger partial charge in [0.05, 0.1) is 6.04 Å². The van der Waals surface area contributed by atoms with Crippen LogP contribution in [0.1, 0.15) is 51.3 Å². The number of hydrogen-bond donors (Lipinski definition) is 0. The minimum atomic E-state index is -0.278. The molecule has 1 unspecified atom stereocenters. The molecule has 0 N–H and O–H groups in total. The Morgan fingerprint density at radius 3 is 2.71 bits per heavy atom. The average Bonchev–Trinajstić information content (AvgIpc) is 2.92. The Balaban J connectivity index is 1.88. The summed E-state index contributed by atoms with van der Waals surface area (Å²) in [5, 5.41) is 4.13. The molecule has 2 heterocycles. The smallest absolute Gasteiger partial charge is 0.225 e. The van der Waals surface area contributed by atoms with Crippen LogP contribution in [0.15, 0.2) is 34.9 Å². The summed E-state index contributed by atoms with van der Waals surface area (Å²) >= 11 is 0. The minimum absolute atomic E-state index is 0.0370. The van der Waals surface area contributed by atoms with Gasteiger partial charge < -0.3 is 9.42 Å². The standard InChI is InChI=1S/C19H23FN2O2/c1-13(2)19(23)22-11-5-3-4-6-17(22)18-12-16(21-24-18)14-7-9-15(20)10-8-14/h7-10,12-13,17H,3-6,11H2,1-2H3. The predicted molar refractivity (Wildman–Crippen MR) is 89.7 cm³/mol. The molecule has 5 heteroatoms. The number of likely N-dealkylation sites (tertiary alicyclic amines) is 1. The molecule has 1 aliphatic heterocycles. The van der Waals surface area contributed by atoms with Gasteiger partial charge in [-0.15, -0.1) is 0 Å². The van der Waals surface area contributed by atoms with Gasteiger partial charge in [0.1, 0.15) is 11.5 Å². The van der Waals surface area contributed by atoms with Crippen LogP contribution >= 0.6 is 0 Å². The Bertz CT molecular complexity index is 694. The van der Waals surface area contributed by atoms with Crippen molar-refractivity contribution in [2.45, 2.75) is 45.6 Å². The lowest BCUT2D eigenvalue weighted by Gasteiger charge is -2.29. The van der Waals surface area contributed by atoms with Crippen LogP contribution in [0.3, 0.4) is 0 Å². The van der Waals surface area contributed by atoms with Crippen molar-refractivity contribution < 1.29 is 13.7 Å². The molecule has 0 spiro atoms. The van der Waals surface area contributed by atoms with E-state index in [1.807, 2.05) is 24.8 Å². The molecule has 2 aromatic rings. The summed E-state index contributed by atoms with van der Waals surface area (Å²) in [6.45, 7) is 4.61. The zero-order chi connectivity index (χ0) is 17.1. The summed E-state index contributed by atoms with van der Waals surface area (Å²) in [4.78, 5) is 14.5. The van der Waals surface area contributed by atoms with Gasteiger partial charge in [-0.3, -0.25) is 4.79 Å². The SMILES string of the molecule is CC(C)C(=O)N1CCCCCC1c1cc(-c2ccc(F)cc2)no1. The molecule has 1 aliphatic rings. The second-order valence-electron chi connectivity index (χ2n) is 6.67. The molecule has 1 aromatic heterocycles. The number of halogens is 1. The lowest BCUT2D eigenvalue weighted by molar-refractivity contribution is -0.137. The van der Waals surface area contributed by atoms with Gasteiger partial charge >= 0.3 is 0 Å². The van der Waals surface area contributed by atoms with E-state index in [1.165, 1.54) is 12.1 Å². The number of amides is 1. The first-order chi connectivity index (χ1) is 11.6. The van der Waals surface area contributed by atoms with Crippen LogP contribution in [0.25, 0.3) is 11.3 Å². The number of rotatable bonds is 3. The van der Waals surface area contributed by atoms with E-state index in [-0.39, 0.29) is 23.7 Å². The molecule has 4 nitrogen and oxygen atoms in total. The highest BCUT2D eigenvalue weighted by atomic mass is 19.1. The third kappa shape index (κ3) is 3.50. The fourth-order valence-corrected chi connectivity index (χ4v) is 3.20. The average molecular weight is 330 g/mol. The number of carbonyl (C=O) groups is 1. The Morgan fingerprint density at radius 1 is 1.25 bits per heavy atom. The van der Waals surface area contributed by atoms with Gasteiger partial charge in [0.25, 0.3) is 0 Å². The molecule has 0 aliphatic carbocycles. The van der Waals surface area contributed by atoms with Crippen LogP contribution in [-0.2, 0) is 4.79 Å². The van der Waals surface area contributed by atoms with Gasteiger partial charge in [-0.05, 0) is 37.1 Å². The van der Waals surface area contributed by atoms with Gasteiger partial charge in [0, 0.05) is 24.1 Å². The van der Waals surface area contributed by atoms with Crippen molar-refractivity contribution in [2.75, 3.05) is 6.54 Å². The molecule has 1 amide bonds. The lowest BCUT2D eigenvalue weighted by Crippen LogP contribution is -2.37. The largest absolute Gasteiger partial charge is 0.359 e. The van der Waals surface area contributed by atoms with Crippen molar-refractivity contribution in [3.63, 3.8) is 0 Å². The first kappa shape index (κ1) is 16.7. The van der Waals surface area contributed by atoms with Crippen LogP contribution in [-0.4, -0.2) is 22.5 Å². The third-order valence-corrected chi connectivity index (χ3v) is 4.53. The monoisotopic (exact) mass is 330 g/mol. The van der Waals surface area contributed by atoms with Crippen molar-refractivity contribution in [1.82, 2.24) is 10.1 Å². The number of carbonyl (C=O) groups excluding carboxylic acids is 1. The first-order valence-corrected chi connectivity index (χ1v) is 8.59. The third-order valence-electron chi connectivity index (χ3n) is 4.53. The normalized spacial score (nSPS) is 18.7. The van der Waals surface area contributed by atoms with E-state index in [0.29, 0.717) is 11.5 Å². The number of nitrogens with zero attached hydrogens (tertiary/aromatic N) is 2. The van der Waals surface area contributed by atoms with E-state index in [2.05, 4.69) is 5.16 Å². The van der Waals surface area contributed by atoms with Gasteiger partial charge in [-0.25, -0.2) is 4.39 Å². The first-order valence-electron chi connectivity index (χ1n) is 8.59. The van der Waals surface area contributed by atoms with Crippen molar-refractivity contribution in [3.8, 4) is 11.3 Å². The summed E-state index contributed by atoms with van der Waals surface area (Å²) in [5.41, 5.74) is 1.48. The summed E-state index contributed by atoms with van der Waals surface area (Å²) < 4.78 is 18.6. The second-order valence-corrected chi connectivity index (χ2v) is 6.67. The highest BCUT2D eigenvalue weighted by Gasteiger charge is 2.30. The molecule has 0 bridgehead atoms. The van der Waals surface area contributed by atoms with E-state index < -0.39 is 0 Å². The van der Waals surface area contributed by atoms with Crippen LogP contribution in [0.5, 0.6) is 0 Å². The molecule has 1 fully saturated rings. The summed E-state index contributed by atoms with van der Waals surface area (Å²) in [5.74, 6) is 0.553.